The molecule has 0 aliphatic rings. The molecule has 2 aromatic carbocycles. The van der Waals surface area contributed by atoms with Gasteiger partial charge in [0.1, 0.15) is 6.54 Å². The van der Waals surface area contributed by atoms with Crippen LogP contribution in [0.2, 0.25) is 0 Å². The van der Waals surface area contributed by atoms with Gasteiger partial charge in [0.15, 0.2) is 0 Å². The number of rotatable bonds is 11. The topological polar surface area (TPSA) is 45.6 Å². The third kappa shape index (κ3) is 6.58. The first-order valence-corrected chi connectivity index (χ1v) is 11.9. The van der Waals surface area contributed by atoms with Crippen molar-refractivity contribution in [3.8, 4) is 11.1 Å². The van der Waals surface area contributed by atoms with E-state index in [2.05, 4.69) is 19.1 Å². The molecule has 0 unspecified atom stereocenters. The first kappa shape index (κ1) is 24.3. The van der Waals surface area contributed by atoms with Gasteiger partial charge in [-0.2, -0.15) is 0 Å². The first-order chi connectivity index (χ1) is 16.0. The second kappa shape index (κ2) is 12.0. The molecule has 0 aliphatic carbocycles. The molecule has 0 spiro atoms. The highest BCUT2D eigenvalue weighted by Gasteiger charge is 2.22. The van der Waals surface area contributed by atoms with Crippen LogP contribution in [0.4, 0.5) is 0 Å². The molecule has 0 N–H and O–H groups in total. The van der Waals surface area contributed by atoms with Crippen molar-refractivity contribution in [3.63, 3.8) is 0 Å². The van der Waals surface area contributed by atoms with Gasteiger partial charge in [0.05, 0.1) is 6.54 Å². The molecule has 0 saturated carbocycles. The quantitative estimate of drug-likeness (QED) is 0.398. The summed E-state index contributed by atoms with van der Waals surface area (Å²) in [4.78, 5) is 30.1. The fourth-order valence-corrected chi connectivity index (χ4v) is 3.90. The van der Waals surface area contributed by atoms with Crippen molar-refractivity contribution in [1.82, 2.24) is 14.4 Å². The van der Waals surface area contributed by atoms with Gasteiger partial charge in [-0.1, -0.05) is 62.7 Å². The molecule has 1 heterocycles. The number of carbonyl (C=O) groups excluding carboxylic acids is 2. The third-order valence-corrected chi connectivity index (χ3v) is 5.88. The van der Waals surface area contributed by atoms with Gasteiger partial charge in [-0.05, 0) is 48.2 Å². The van der Waals surface area contributed by atoms with E-state index in [0.29, 0.717) is 25.2 Å². The summed E-state index contributed by atoms with van der Waals surface area (Å²) in [5, 5.41) is 0. The summed E-state index contributed by atoms with van der Waals surface area (Å²) < 4.78 is 2.04. The molecule has 0 saturated heterocycles. The molecule has 5 heteroatoms. The molecule has 0 radical (unpaired) electrons. The largest absolute Gasteiger partial charge is 0.353 e. The van der Waals surface area contributed by atoms with E-state index in [9.17, 15) is 9.59 Å². The lowest BCUT2D eigenvalue weighted by atomic mass is 10.0. The summed E-state index contributed by atoms with van der Waals surface area (Å²) in [7, 11) is 1.99. The smallest absolute Gasteiger partial charge is 0.254 e. The van der Waals surface area contributed by atoms with Gasteiger partial charge in [-0.25, -0.2) is 0 Å². The molecule has 0 fully saturated rings. The number of amides is 2. The highest BCUT2D eigenvalue weighted by atomic mass is 16.2. The molecule has 174 valence electrons. The van der Waals surface area contributed by atoms with Crippen LogP contribution in [0, 0.1) is 0 Å². The minimum Gasteiger partial charge on any atom is -0.353 e. The van der Waals surface area contributed by atoms with Crippen LogP contribution in [0.25, 0.3) is 11.1 Å². The van der Waals surface area contributed by atoms with E-state index in [0.717, 1.165) is 36.1 Å². The maximum atomic E-state index is 13.3. The number of nitrogens with zero attached hydrogens (tertiary/aromatic N) is 3. The fourth-order valence-electron chi connectivity index (χ4n) is 3.90. The lowest BCUT2D eigenvalue weighted by molar-refractivity contribution is -0.132. The van der Waals surface area contributed by atoms with Crippen molar-refractivity contribution in [1.29, 1.82) is 0 Å². The van der Waals surface area contributed by atoms with Crippen molar-refractivity contribution in [2.75, 3.05) is 19.6 Å². The second-order valence-corrected chi connectivity index (χ2v) is 8.45. The maximum Gasteiger partial charge on any atom is 0.254 e. The molecular weight excluding hydrogens is 410 g/mol. The molecule has 33 heavy (non-hydrogen) atoms. The highest BCUT2D eigenvalue weighted by Crippen LogP contribution is 2.20. The number of aryl methyl sites for hydroxylation is 1. The van der Waals surface area contributed by atoms with E-state index in [4.69, 9.17) is 0 Å². The zero-order valence-corrected chi connectivity index (χ0v) is 20.0. The maximum absolute atomic E-state index is 13.3. The molecule has 0 aliphatic heterocycles. The molecule has 1 aromatic heterocycles. The van der Waals surface area contributed by atoms with Crippen LogP contribution in [0.1, 0.15) is 49.2 Å². The Morgan fingerprint density at radius 3 is 2.09 bits per heavy atom. The normalized spacial score (nSPS) is 10.8. The fraction of sp³-hybridized carbons (Fsp3) is 0.357. The van der Waals surface area contributed by atoms with Crippen LogP contribution in [0.15, 0.2) is 72.9 Å². The predicted molar refractivity (Wildman–Crippen MR) is 134 cm³/mol. The zero-order valence-electron chi connectivity index (χ0n) is 20.0. The predicted octanol–water partition coefficient (Wildman–Crippen LogP) is 5.37. The Morgan fingerprint density at radius 1 is 0.788 bits per heavy atom. The number of benzene rings is 2. The van der Waals surface area contributed by atoms with Crippen LogP contribution in [0.3, 0.4) is 0 Å². The molecule has 0 atom stereocenters. The lowest BCUT2D eigenvalue weighted by Crippen LogP contribution is -2.43. The van der Waals surface area contributed by atoms with Crippen LogP contribution >= 0.6 is 0 Å². The van der Waals surface area contributed by atoms with Crippen molar-refractivity contribution in [2.45, 2.75) is 39.7 Å². The summed E-state index contributed by atoms with van der Waals surface area (Å²) in [5.74, 6) is -0.105. The van der Waals surface area contributed by atoms with Crippen LogP contribution in [-0.4, -0.2) is 45.8 Å². The molecular formula is C28H35N3O2. The summed E-state index contributed by atoms with van der Waals surface area (Å²) >= 11 is 0. The third-order valence-electron chi connectivity index (χ3n) is 5.88. The molecule has 0 bridgehead atoms. The Labute approximate surface area is 197 Å². The Bertz CT molecular complexity index is 1020. The molecule has 3 rings (SSSR count). The summed E-state index contributed by atoms with van der Waals surface area (Å²) in [6.07, 6.45) is 4.75. The van der Waals surface area contributed by atoms with Gasteiger partial charge >= 0.3 is 0 Å². The average molecular weight is 446 g/mol. The SMILES string of the molecule is CCCCN(Cc1cccn1C)C(=O)CN(CCC)C(=O)c1ccc(-c2ccccc2)cc1. The van der Waals surface area contributed by atoms with E-state index >= 15 is 0 Å². The number of unbranched alkanes of at least 4 members (excludes halogenated alkanes) is 1. The second-order valence-electron chi connectivity index (χ2n) is 8.45. The Hall–Kier alpha value is -3.34. The van der Waals surface area contributed by atoms with Crippen molar-refractivity contribution >= 4 is 11.8 Å². The van der Waals surface area contributed by atoms with Gasteiger partial charge in [0.2, 0.25) is 5.91 Å². The van der Waals surface area contributed by atoms with E-state index in [-0.39, 0.29) is 18.4 Å². The zero-order chi connectivity index (χ0) is 23.6. The van der Waals surface area contributed by atoms with Crippen molar-refractivity contribution in [2.24, 2.45) is 7.05 Å². The standard InChI is InChI=1S/C28H35N3O2/c1-4-6-20-30(21-26-13-10-19-29(26)3)27(32)22-31(18-5-2)28(33)25-16-14-24(15-17-25)23-11-8-7-9-12-23/h7-17,19H,4-6,18,20-22H2,1-3H3. The summed E-state index contributed by atoms with van der Waals surface area (Å²) in [6.45, 7) is 6.06. The minimum absolute atomic E-state index is 0.00708. The summed E-state index contributed by atoms with van der Waals surface area (Å²) in [5.41, 5.74) is 3.88. The van der Waals surface area contributed by atoms with Gasteiger partial charge in [0.25, 0.3) is 5.91 Å². The number of hydrogen-bond acceptors (Lipinski definition) is 2. The molecule has 2 amide bonds. The first-order valence-electron chi connectivity index (χ1n) is 11.9. The van der Waals surface area contributed by atoms with Crippen LogP contribution in [0.5, 0.6) is 0 Å². The molecule has 5 nitrogen and oxygen atoms in total. The molecule has 3 aromatic rings. The van der Waals surface area contributed by atoms with E-state index in [1.807, 2.05) is 84.2 Å². The lowest BCUT2D eigenvalue weighted by Gasteiger charge is -2.28. The highest BCUT2D eigenvalue weighted by molar-refractivity contribution is 5.97. The van der Waals surface area contributed by atoms with Gasteiger partial charge < -0.3 is 14.4 Å². The van der Waals surface area contributed by atoms with Gasteiger partial charge in [-0.3, -0.25) is 9.59 Å². The minimum atomic E-state index is -0.0980. The van der Waals surface area contributed by atoms with Crippen LogP contribution in [-0.2, 0) is 18.4 Å². The number of carbonyl (C=O) groups is 2. The Morgan fingerprint density at radius 2 is 1.48 bits per heavy atom. The van der Waals surface area contributed by atoms with E-state index in [1.165, 1.54) is 0 Å². The number of aromatic nitrogens is 1. The van der Waals surface area contributed by atoms with Crippen molar-refractivity contribution in [3.05, 3.63) is 84.2 Å². The monoisotopic (exact) mass is 445 g/mol. The van der Waals surface area contributed by atoms with E-state index in [1.54, 1.807) is 4.90 Å². The van der Waals surface area contributed by atoms with Gasteiger partial charge in [-0.15, -0.1) is 0 Å². The van der Waals surface area contributed by atoms with Crippen molar-refractivity contribution < 1.29 is 9.59 Å². The Kier molecular flexibility index (Phi) is 8.87. The summed E-state index contributed by atoms with van der Waals surface area (Å²) in [6, 6.07) is 21.8. The van der Waals surface area contributed by atoms with Gasteiger partial charge in [0, 0.05) is 37.6 Å². The van der Waals surface area contributed by atoms with Crippen LogP contribution < -0.4 is 0 Å². The number of hydrogen-bond donors (Lipinski definition) is 0. The van der Waals surface area contributed by atoms with E-state index < -0.39 is 0 Å². The Balaban J connectivity index is 1.72. The average Bonchev–Trinajstić information content (AvgIpc) is 3.25.